The molecule has 3 heterocycles. The highest BCUT2D eigenvalue weighted by atomic mass is 32.1. The number of carbonyl (C=O) groups excluding carboxylic acids is 1. The minimum atomic E-state index is -0.362. The number of carbonyl (C=O) groups is 1. The first-order valence-electron chi connectivity index (χ1n) is 6.88. The third kappa shape index (κ3) is 2.80. The predicted octanol–water partition coefficient (Wildman–Crippen LogP) is 2.38. The molecule has 0 radical (unpaired) electrons. The standard InChI is InChI=1S/C15H16N4O2S/c1-11-13(22-10-16-11)5-8-21-15(20)12-9-17-18(2)14(12)19-6-3-4-7-19/h3-4,6-7,9-10H,5,8H2,1-2H3. The van der Waals surface area contributed by atoms with Crippen molar-refractivity contribution in [2.75, 3.05) is 6.61 Å². The van der Waals surface area contributed by atoms with Crippen LogP contribution in [0.15, 0.2) is 36.2 Å². The lowest BCUT2D eigenvalue weighted by atomic mass is 10.3. The van der Waals surface area contributed by atoms with Gasteiger partial charge in [-0.2, -0.15) is 5.10 Å². The molecule has 22 heavy (non-hydrogen) atoms. The molecule has 0 atom stereocenters. The van der Waals surface area contributed by atoms with Gasteiger partial charge in [-0.25, -0.2) is 9.78 Å². The summed E-state index contributed by atoms with van der Waals surface area (Å²) in [5.74, 6) is 0.336. The van der Waals surface area contributed by atoms with E-state index in [0.29, 0.717) is 24.4 Å². The third-order valence-corrected chi connectivity index (χ3v) is 4.38. The third-order valence-electron chi connectivity index (χ3n) is 3.38. The number of ether oxygens (including phenoxy) is 1. The summed E-state index contributed by atoms with van der Waals surface area (Å²) in [7, 11) is 1.80. The van der Waals surface area contributed by atoms with Crippen molar-refractivity contribution in [2.24, 2.45) is 7.05 Å². The topological polar surface area (TPSA) is 61.9 Å². The maximum absolute atomic E-state index is 12.3. The number of hydrogen-bond acceptors (Lipinski definition) is 5. The second kappa shape index (κ2) is 6.15. The molecule has 0 N–H and O–H groups in total. The molecule has 114 valence electrons. The number of nitrogens with zero attached hydrogens (tertiary/aromatic N) is 4. The summed E-state index contributed by atoms with van der Waals surface area (Å²) < 4.78 is 8.88. The van der Waals surface area contributed by atoms with Crippen LogP contribution in [0.25, 0.3) is 5.82 Å². The van der Waals surface area contributed by atoms with E-state index in [4.69, 9.17) is 4.74 Å². The van der Waals surface area contributed by atoms with Crippen LogP contribution >= 0.6 is 11.3 Å². The van der Waals surface area contributed by atoms with E-state index in [1.807, 2.05) is 36.0 Å². The van der Waals surface area contributed by atoms with Crippen LogP contribution in [0, 0.1) is 6.92 Å². The van der Waals surface area contributed by atoms with Crippen molar-refractivity contribution in [2.45, 2.75) is 13.3 Å². The van der Waals surface area contributed by atoms with Gasteiger partial charge >= 0.3 is 5.97 Å². The number of hydrogen-bond donors (Lipinski definition) is 0. The van der Waals surface area contributed by atoms with Gasteiger partial charge in [-0.15, -0.1) is 11.3 Å². The van der Waals surface area contributed by atoms with Gasteiger partial charge in [-0.3, -0.25) is 4.68 Å². The Kier molecular flexibility index (Phi) is 4.06. The van der Waals surface area contributed by atoms with Crippen LogP contribution in [0.5, 0.6) is 0 Å². The lowest BCUT2D eigenvalue weighted by Crippen LogP contribution is -2.11. The van der Waals surface area contributed by atoms with Gasteiger partial charge in [-0.1, -0.05) is 0 Å². The van der Waals surface area contributed by atoms with E-state index in [9.17, 15) is 4.79 Å². The Bertz CT molecular complexity index is 773. The van der Waals surface area contributed by atoms with Gasteiger partial charge in [-0.05, 0) is 19.1 Å². The first kappa shape index (κ1) is 14.5. The Balaban J connectivity index is 1.70. The SMILES string of the molecule is Cc1ncsc1CCOC(=O)c1cnn(C)c1-n1cccc1. The molecule has 0 saturated carbocycles. The molecule has 0 amide bonds. The van der Waals surface area contributed by atoms with E-state index < -0.39 is 0 Å². The van der Waals surface area contributed by atoms with Crippen LogP contribution in [-0.4, -0.2) is 31.9 Å². The highest BCUT2D eigenvalue weighted by molar-refractivity contribution is 7.09. The first-order chi connectivity index (χ1) is 10.7. The summed E-state index contributed by atoms with van der Waals surface area (Å²) in [6, 6.07) is 3.80. The summed E-state index contributed by atoms with van der Waals surface area (Å²) in [6.07, 6.45) is 5.96. The minimum Gasteiger partial charge on any atom is -0.462 e. The fraction of sp³-hybridized carbons (Fsp3) is 0.267. The number of aromatic nitrogens is 4. The molecule has 3 aromatic rings. The second-order valence-electron chi connectivity index (χ2n) is 4.84. The molecule has 0 aromatic carbocycles. The summed E-state index contributed by atoms with van der Waals surface area (Å²) >= 11 is 1.58. The quantitative estimate of drug-likeness (QED) is 0.678. The van der Waals surface area contributed by atoms with E-state index >= 15 is 0 Å². The van der Waals surface area contributed by atoms with Crippen molar-refractivity contribution in [3.05, 3.63) is 52.4 Å². The van der Waals surface area contributed by atoms with E-state index in [2.05, 4.69) is 10.1 Å². The molecule has 0 aliphatic heterocycles. The van der Waals surface area contributed by atoms with Gasteiger partial charge in [0.15, 0.2) is 0 Å². The zero-order valence-electron chi connectivity index (χ0n) is 12.4. The van der Waals surface area contributed by atoms with Crippen LogP contribution < -0.4 is 0 Å². The van der Waals surface area contributed by atoms with E-state index in [1.54, 1.807) is 28.6 Å². The molecule has 6 nitrogen and oxygen atoms in total. The second-order valence-corrected chi connectivity index (χ2v) is 5.78. The van der Waals surface area contributed by atoms with Gasteiger partial charge in [0.1, 0.15) is 11.4 Å². The van der Waals surface area contributed by atoms with Gasteiger partial charge in [0.05, 0.1) is 24.0 Å². The number of rotatable bonds is 5. The zero-order chi connectivity index (χ0) is 15.5. The van der Waals surface area contributed by atoms with Crippen LogP contribution in [0.2, 0.25) is 0 Å². The fourth-order valence-corrected chi connectivity index (χ4v) is 3.00. The van der Waals surface area contributed by atoms with Crippen LogP contribution in [0.4, 0.5) is 0 Å². The summed E-state index contributed by atoms with van der Waals surface area (Å²) in [5, 5.41) is 4.15. The average Bonchev–Trinajstić information content (AvgIpc) is 3.20. The Morgan fingerprint density at radius 2 is 2.14 bits per heavy atom. The van der Waals surface area contributed by atoms with Crippen LogP contribution in [0.1, 0.15) is 20.9 Å². The van der Waals surface area contributed by atoms with Crippen molar-refractivity contribution in [1.82, 2.24) is 19.3 Å². The predicted molar refractivity (Wildman–Crippen MR) is 83.4 cm³/mol. The lowest BCUT2D eigenvalue weighted by Gasteiger charge is -2.07. The molecule has 3 aromatic heterocycles. The average molecular weight is 316 g/mol. The number of aryl methyl sites for hydroxylation is 2. The monoisotopic (exact) mass is 316 g/mol. The molecule has 0 unspecified atom stereocenters. The number of thiazole rings is 1. The highest BCUT2D eigenvalue weighted by Crippen LogP contribution is 2.16. The van der Waals surface area contributed by atoms with Crippen molar-refractivity contribution < 1.29 is 9.53 Å². The maximum atomic E-state index is 12.3. The zero-order valence-corrected chi connectivity index (χ0v) is 13.2. The van der Waals surface area contributed by atoms with Crippen molar-refractivity contribution in [3.63, 3.8) is 0 Å². The highest BCUT2D eigenvalue weighted by Gasteiger charge is 2.18. The molecule has 0 aliphatic carbocycles. The minimum absolute atomic E-state index is 0.335. The molecule has 0 spiro atoms. The maximum Gasteiger partial charge on any atom is 0.343 e. The molecular weight excluding hydrogens is 300 g/mol. The Morgan fingerprint density at radius 1 is 1.36 bits per heavy atom. The molecular formula is C15H16N4O2S. The van der Waals surface area contributed by atoms with Crippen molar-refractivity contribution in [3.8, 4) is 5.82 Å². The summed E-state index contributed by atoms with van der Waals surface area (Å²) in [6.45, 7) is 2.29. The molecule has 0 bridgehead atoms. The molecule has 7 heteroatoms. The fourth-order valence-electron chi connectivity index (χ4n) is 2.24. The Labute approximate surface area is 132 Å². The molecule has 0 fully saturated rings. The van der Waals surface area contributed by atoms with Crippen molar-refractivity contribution in [1.29, 1.82) is 0 Å². The van der Waals surface area contributed by atoms with Crippen LogP contribution in [-0.2, 0) is 18.2 Å². The molecule has 0 saturated heterocycles. The normalized spacial score (nSPS) is 10.8. The smallest absolute Gasteiger partial charge is 0.343 e. The molecule has 0 aliphatic rings. The van der Waals surface area contributed by atoms with E-state index in [1.165, 1.54) is 6.20 Å². The lowest BCUT2D eigenvalue weighted by molar-refractivity contribution is 0.0509. The van der Waals surface area contributed by atoms with Gasteiger partial charge in [0.2, 0.25) is 0 Å². The largest absolute Gasteiger partial charge is 0.462 e. The van der Waals surface area contributed by atoms with E-state index in [0.717, 1.165) is 10.6 Å². The van der Waals surface area contributed by atoms with Crippen LogP contribution in [0.3, 0.4) is 0 Å². The summed E-state index contributed by atoms with van der Waals surface area (Å²) in [5.41, 5.74) is 3.26. The van der Waals surface area contributed by atoms with Gasteiger partial charge in [0.25, 0.3) is 0 Å². The summed E-state index contributed by atoms with van der Waals surface area (Å²) in [4.78, 5) is 17.6. The van der Waals surface area contributed by atoms with E-state index in [-0.39, 0.29) is 5.97 Å². The van der Waals surface area contributed by atoms with Crippen molar-refractivity contribution >= 4 is 17.3 Å². The Morgan fingerprint density at radius 3 is 2.82 bits per heavy atom. The number of esters is 1. The van der Waals surface area contributed by atoms with Gasteiger partial charge in [0, 0.05) is 30.7 Å². The Hall–Kier alpha value is -2.41. The van der Waals surface area contributed by atoms with Gasteiger partial charge < -0.3 is 9.30 Å². The first-order valence-corrected chi connectivity index (χ1v) is 7.76. The molecule has 3 rings (SSSR count).